The predicted molar refractivity (Wildman–Crippen MR) is 137 cm³/mol. The Labute approximate surface area is 215 Å². The number of nitrogens with two attached hydrogens (primary N) is 2. The molecule has 3 amide bonds. The first-order valence-corrected chi connectivity index (χ1v) is 12.3. The summed E-state index contributed by atoms with van der Waals surface area (Å²) in [7, 11) is 0. The number of carbonyl (C=O) groups excluding carboxylic acids is 3. The van der Waals surface area contributed by atoms with Crippen LogP contribution in [-0.4, -0.2) is 60.3 Å². The van der Waals surface area contributed by atoms with Gasteiger partial charge in [-0.3, -0.25) is 14.9 Å². The van der Waals surface area contributed by atoms with Crippen molar-refractivity contribution in [2.24, 2.45) is 16.9 Å². The fourth-order valence-electron chi connectivity index (χ4n) is 4.68. The lowest BCUT2D eigenvalue weighted by atomic mass is 9.66. The molecule has 1 heterocycles. The van der Waals surface area contributed by atoms with E-state index in [1.807, 2.05) is 19.1 Å². The van der Waals surface area contributed by atoms with Crippen LogP contribution in [0.3, 0.4) is 0 Å². The molecule has 0 saturated carbocycles. The second-order valence-electron chi connectivity index (χ2n) is 9.09. The summed E-state index contributed by atoms with van der Waals surface area (Å²) in [6.07, 6.45) is 0.844. The van der Waals surface area contributed by atoms with E-state index in [-0.39, 0.29) is 25.6 Å². The number of hydrogen-bond acceptors (Lipinski definition) is 6. The summed E-state index contributed by atoms with van der Waals surface area (Å²) in [5.74, 6) is -1.84. The topological polar surface area (TPSA) is 148 Å². The highest BCUT2D eigenvalue weighted by atomic mass is 35.5. The van der Waals surface area contributed by atoms with Gasteiger partial charge in [0, 0.05) is 29.2 Å². The van der Waals surface area contributed by atoms with E-state index in [9.17, 15) is 19.5 Å². The fraction of sp³-hybridized carbons (Fsp3) is 0.423. The van der Waals surface area contributed by atoms with Crippen LogP contribution < -0.4 is 16.8 Å². The Kier molecular flexibility index (Phi) is 9.31. The molecule has 1 fully saturated rings. The van der Waals surface area contributed by atoms with Gasteiger partial charge in [-0.05, 0) is 48.6 Å². The molecule has 1 aliphatic rings. The molecule has 2 aromatic rings. The highest BCUT2D eigenvalue weighted by molar-refractivity contribution is 6.31. The van der Waals surface area contributed by atoms with Crippen LogP contribution in [0.15, 0.2) is 48.5 Å². The Morgan fingerprint density at radius 1 is 1.14 bits per heavy atom. The minimum absolute atomic E-state index is 0.112. The Morgan fingerprint density at radius 3 is 2.33 bits per heavy atom. The summed E-state index contributed by atoms with van der Waals surface area (Å²) >= 11 is 6.44. The van der Waals surface area contributed by atoms with E-state index in [0.717, 1.165) is 12.0 Å². The smallest absolute Gasteiger partial charge is 0.411 e. The summed E-state index contributed by atoms with van der Waals surface area (Å²) in [6.45, 7) is 1.97. The molecule has 0 aliphatic carbocycles. The van der Waals surface area contributed by atoms with Crippen LogP contribution in [-0.2, 0) is 20.7 Å². The van der Waals surface area contributed by atoms with Gasteiger partial charge in [0.1, 0.15) is 12.6 Å². The molecule has 1 unspecified atom stereocenters. The number of aliphatic hydroxyl groups excluding tert-OH is 1. The number of piperidine rings is 1. The number of ether oxygens (including phenoxy) is 1. The molecule has 9 nitrogen and oxygen atoms in total. The Balaban J connectivity index is 1.83. The lowest BCUT2D eigenvalue weighted by molar-refractivity contribution is -0.137. The van der Waals surface area contributed by atoms with Crippen molar-refractivity contribution in [1.82, 2.24) is 4.90 Å². The third-order valence-electron chi connectivity index (χ3n) is 6.80. The number of halogens is 1. The summed E-state index contributed by atoms with van der Waals surface area (Å²) in [6, 6.07) is 13.3. The van der Waals surface area contributed by atoms with Gasteiger partial charge in [0.05, 0.1) is 12.5 Å². The molecule has 1 saturated heterocycles. The van der Waals surface area contributed by atoms with Crippen molar-refractivity contribution in [3.8, 4) is 0 Å². The van der Waals surface area contributed by atoms with Crippen molar-refractivity contribution in [3.63, 3.8) is 0 Å². The summed E-state index contributed by atoms with van der Waals surface area (Å²) in [5.41, 5.74) is 13.0. The predicted octanol–water partition coefficient (Wildman–Crippen LogP) is 2.65. The summed E-state index contributed by atoms with van der Waals surface area (Å²) in [4.78, 5) is 39.5. The van der Waals surface area contributed by atoms with Gasteiger partial charge in [0.25, 0.3) is 0 Å². The first kappa shape index (κ1) is 27.4. The maximum atomic E-state index is 12.8. The minimum atomic E-state index is -1.02. The number of aryl methyl sites for hydroxylation is 1. The van der Waals surface area contributed by atoms with Gasteiger partial charge < -0.3 is 26.2 Å². The van der Waals surface area contributed by atoms with E-state index in [2.05, 4.69) is 5.32 Å². The average Bonchev–Trinajstić information content (AvgIpc) is 2.88. The zero-order chi connectivity index (χ0) is 26.3. The fourth-order valence-corrected chi connectivity index (χ4v) is 4.93. The monoisotopic (exact) mass is 516 g/mol. The van der Waals surface area contributed by atoms with E-state index < -0.39 is 36.0 Å². The number of amides is 3. The summed E-state index contributed by atoms with van der Waals surface area (Å²) in [5, 5.41) is 12.3. The normalized spacial score (nSPS) is 16.6. The molecule has 2 aromatic carbocycles. The molecule has 36 heavy (non-hydrogen) atoms. The number of aliphatic hydroxyl groups is 1. The van der Waals surface area contributed by atoms with Crippen LogP contribution in [0.5, 0.6) is 0 Å². The molecule has 0 radical (unpaired) electrons. The molecule has 2 atom stereocenters. The standard InChI is InChI=1S/C26H33ClN4O5/c1-2-17-7-9-18(10-8-17)30-25(35)36-16-26(11-13-31(14-12-26)24(34)21(28)15-32)22(23(29)33)19-5-3-4-6-20(19)27/h3-10,21-22,32H,2,11-16,28H2,1H3,(H2,29,33)(H,30,35)/t21-,22?/m0/s1. The number of primary amides is 1. The molecule has 194 valence electrons. The van der Waals surface area contributed by atoms with Gasteiger partial charge in [0.2, 0.25) is 11.8 Å². The Bertz CT molecular complexity index is 1070. The second kappa shape index (κ2) is 12.2. The van der Waals surface area contributed by atoms with E-state index in [4.69, 9.17) is 27.8 Å². The zero-order valence-corrected chi connectivity index (χ0v) is 21.0. The van der Waals surface area contributed by atoms with Gasteiger partial charge in [-0.25, -0.2) is 4.79 Å². The molecule has 10 heteroatoms. The van der Waals surface area contributed by atoms with Gasteiger partial charge in [-0.1, -0.05) is 48.9 Å². The number of likely N-dealkylation sites (tertiary alicyclic amines) is 1. The van der Waals surface area contributed by atoms with Crippen LogP contribution >= 0.6 is 11.6 Å². The van der Waals surface area contributed by atoms with Crippen LogP contribution in [0, 0.1) is 5.41 Å². The number of benzene rings is 2. The average molecular weight is 517 g/mol. The van der Waals surface area contributed by atoms with Crippen LogP contribution in [0.4, 0.5) is 10.5 Å². The van der Waals surface area contributed by atoms with Gasteiger partial charge in [0.15, 0.2) is 0 Å². The molecule has 3 rings (SSSR count). The highest BCUT2D eigenvalue weighted by Crippen LogP contribution is 2.46. The lowest BCUT2D eigenvalue weighted by Gasteiger charge is -2.45. The first-order chi connectivity index (χ1) is 17.2. The van der Waals surface area contributed by atoms with Gasteiger partial charge >= 0.3 is 6.09 Å². The van der Waals surface area contributed by atoms with E-state index in [0.29, 0.717) is 29.1 Å². The molecule has 0 bridgehead atoms. The number of rotatable bonds is 9. The van der Waals surface area contributed by atoms with Crippen molar-refractivity contribution in [2.45, 2.75) is 38.1 Å². The molecule has 0 aromatic heterocycles. The quantitative estimate of drug-likeness (QED) is 0.402. The summed E-state index contributed by atoms with van der Waals surface area (Å²) < 4.78 is 5.63. The molecular formula is C26H33ClN4O5. The van der Waals surface area contributed by atoms with E-state index in [1.54, 1.807) is 41.3 Å². The van der Waals surface area contributed by atoms with Crippen LogP contribution in [0.1, 0.15) is 36.8 Å². The van der Waals surface area contributed by atoms with Crippen molar-refractivity contribution in [2.75, 3.05) is 31.6 Å². The molecular weight excluding hydrogens is 484 g/mol. The van der Waals surface area contributed by atoms with Crippen molar-refractivity contribution in [3.05, 3.63) is 64.7 Å². The SMILES string of the molecule is CCc1ccc(NC(=O)OCC2(C(C(N)=O)c3ccccc3Cl)CCN(C(=O)[C@@H](N)CO)CC2)cc1. The molecule has 1 aliphatic heterocycles. The maximum Gasteiger partial charge on any atom is 0.411 e. The van der Waals surface area contributed by atoms with Crippen molar-refractivity contribution >= 4 is 35.2 Å². The van der Waals surface area contributed by atoms with Gasteiger partial charge in [-0.15, -0.1) is 0 Å². The van der Waals surface area contributed by atoms with Crippen molar-refractivity contribution < 1.29 is 24.2 Å². The van der Waals surface area contributed by atoms with Crippen molar-refractivity contribution in [1.29, 1.82) is 0 Å². The van der Waals surface area contributed by atoms with E-state index in [1.165, 1.54) is 0 Å². The third kappa shape index (κ3) is 6.34. The largest absolute Gasteiger partial charge is 0.449 e. The van der Waals surface area contributed by atoms with E-state index >= 15 is 0 Å². The number of nitrogens with one attached hydrogen (secondary N) is 1. The highest BCUT2D eigenvalue weighted by Gasteiger charge is 2.47. The van der Waals surface area contributed by atoms with Crippen LogP contribution in [0.2, 0.25) is 5.02 Å². The van der Waals surface area contributed by atoms with Gasteiger partial charge in [-0.2, -0.15) is 0 Å². The Morgan fingerprint density at radius 2 is 1.78 bits per heavy atom. The number of hydrogen-bond donors (Lipinski definition) is 4. The number of carbonyl (C=O) groups is 3. The minimum Gasteiger partial charge on any atom is -0.449 e. The second-order valence-corrected chi connectivity index (χ2v) is 9.49. The molecule has 0 spiro atoms. The molecule has 6 N–H and O–H groups in total. The number of nitrogens with zero attached hydrogens (tertiary/aromatic N) is 1. The lowest BCUT2D eigenvalue weighted by Crippen LogP contribution is -2.54. The first-order valence-electron chi connectivity index (χ1n) is 11.9. The van der Waals surface area contributed by atoms with Crippen LogP contribution in [0.25, 0.3) is 0 Å². The third-order valence-corrected chi connectivity index (χ3v) is 7.14. The number of anilines is 1. The Hall–Kier alpha value is -3.14. The zero-order valence-electron chi connectivity index (χ0n) is 20.3. The maximum absolute atomic E-state index is 12.8.